The minimum atomic E-state index is 0.142. The number of hydrogen-bond donors (Lipinski definition) is 1. The lowest BCUT2D eigenvalue weighted by molar-refractivity contribution is -0.0111. The molecule has 0 amide bonds. The molecule has 1 N–H and O–H groups in total. The average molecular weight is 233 g/mol. The molecule has 0 bridgehead atoms. The van der Waals surface area contributed by atoms with Gasteiger partial charge in [0.15, 0.2) is 0 Å². The van der Waals surface area contributed by atoms with Crippen LogP contribution in [-0.4, -0.2) is 32.4 Å². The predicted octanol–water partition coefficient (Wildman–Crippen LogP) is 1.75. The quantitative estimate of drug-likeness (QED) is 0.804. The van der Waals surface area contributed by atoms with E-state index in [4.69, 9.17) is 9.47 Å². The van der Waals surface area contributed by atoms with Crippen LogP contribution < -0.4 is 5.32 Å². The van der Waals surface area contributed by atoms with E-state index in [0.717, 1.165) is 13.1 Å². The Balaban J connectivity index is 1.69. The van der Waals surface area contributed by atoms with E-state index < -0.39 is 0 Å². The van der Waals surface area contributed by atoms with Gasteiger partial charge in [-0.1, -0.05) is 42.5 Å². The van der Waals surface area contributed by atoms with Crippen LogP contribution in [0, 0.1) is 0 Å². The van der Waals surface area contributed by atoms with Gasteiger partial charge >= 0.3 is 0 Å². The first-order chi connectivity index (χ1) is 8.45. The molecular weight excluding hydrogens is 214 g/mol. The summed E-state index contributed by atoms with van der Waals surface area (Å²) in [5.41, 5.74) is 1.20. The molecule has 2 rings (SSSR count). The van der Waals surface area contributed by atoms with E-state index in [1.54, 1.807) is 0 Å². The zero-order valence-corrected chi connectivity index (χ0v) is 9.97. The van der Waals surface area contributed by atoms with Crippen molar-refractivity contribution >= 4 is 0 Å². The minimum absolute atomic E-state index is 0.142. The fraction of sp³-hybridized carbons (Fsp3) is 0.429. The van der Waals surface area contributed by atoms with Crippen LogP contribution in [0.3, 0.4) is 0 Å². The van der Waals surface area contributed by atoms with Crippen LogP contribution in [0.1, 0.15) is 5.56 Å². The molecule has 0 radical (unpaired) electrons. The summed E-state index contributed by atoms with van der Waals surface area (Å²) in [7, 11) is 0. The Labute approximate surface area is 102 Å². The summed E-state index contributed by atoms with van der Waals surface area (Å²) < 4.78 is 11.3. The van der Waals surface area contributed by atoms with Gasteiger partial charge in [0.05, 0.1) is 25.9 Å². The lowest BCUT2D eigenvalue weighted by atomic mass is 10.2. The van der Waals surface area contributed by atoms with E-state index in [1.807, 2.05) is 24.3 Å². The van der Waals surface area contributed by atoms with E-state index in [9.17, 15) is 0 Å². The molecule has 17 heavy (non-hydrogen) atoms. The summed E-state index contributed by atoms with van der Waals surface area (Å²) in [6.45, 7) is 3.73. The summed E-state index contributed by atoms with van der Waals surface area (Å²) in [5, 5.41) is 3.29. The first kappa shape index (κ1) is 12.3. The van der Waals surface area contributed by atoms with E-state index in [-0.39, 0.29) is 6.10 Å². The molecule has 1 aromatic carbocycles. The van der Waals surface area contributed by atoms with Crippen molar-refractivity contribution in [1.82, 2.24) is 5.32 Å². The van der Waals surface area contributed by atoms with Crippen LogP contribution in [0.25, 0.3) is 0 Å². The third-order valence-electron chi connectivity index (χ3n) is 2.64. The van der Waals surface area contributed by atoms with Crippen LogP contribution in [0.5, 0.6) is 0 Å². The molecule has 3 heteroatoms. The molecule has 1 atom stereocenters. The van der Waals surface area contributed by atoms with Crippen molar-refractivity contribution in [2.45, 2.75) is 12.7 Å². The van der Waals surface area contributed by atoms with Gasteiger partial charge in [-0.05, 0) is 5.56 Å². The average Bonchev–Trinajstić information content (AvgIpc) is 2.33. The lowest BCUT2D eigenvalue weighted by Crippen LogP contribution is -2.34. The van der Waals surface area contributed by atoms with E-state index in [1.165, 1.54) is 5.56 Å². The van der Waals surface area contributed by atoms with Crippen molar-refractivity contribution < 1.29 is 9.47 Å². The maximum absolute atomic E-state index is 5.67. The van der Waals surface area contributed by atoms with Gasteiger partial charge in [-0.2, -0.15) is 0 Å². The molecule has 0 saturated carbocycles. The molecular formula is C14H19NO2. The minimum Gasteiger partial charge on any atom is -0.374 e. The van der Waals surface area contributed by atoms with Crippen molar-refractivity contribution in [1.29, 1.82) is 0 Å². The largest absolute Gasteiger partial charge is 0.374 e. The van der Waals surface area contributed by atoms with Crippen molar-refractivity contribution in [2.24, 2.45) is 0 Å². The SMILES string of the molecule is C1=CCO[C@H](COCc2ccccc2)CNC1. The Bertz CT molecular complexity index is 337. The van der Waals surface area contributed by atoms with E-state index in [0.29, 0.717) is 19.8 Å². The van der Waals surface area contributed by atoms with Gasteiger partial charge in [0.1, 0.15) is 0 Å². The van der Waals surface area contributed by atoms with Gasteiger partial charge < -0.3 is 14.8 Å². The van der Waals surface area contributed by atoms with Gasteiger partial charge in [-0.15, -0.1) is 0 Å². The van der Waals surface area contributed by atoms with Gasteiger partial charge in [-0.3, -0.25) is 0 Å². The highest BCUT2D eigenvalue weighted by Crippen LogP contribution is 2.02. The van der Waals surface area contributed by atoms with Crippen LogP contribution in [-0.2, 0) is 16.1 Å². The highest BCUT2D eigenvalue weighted by molar-refractivity contribution is 5.13. The fourth-order valence-electron chi connectivity index (χ4n) is 1.72. The molecule has 0 aromatic heterocycles. The van der Waals surface area contributed by atoms with Crippen LogP contribution in [0.15, 0.2) is 42.5 Å². The van der Waals surface area contributed by atoms with E-state index in [2.05, 4.69) is 23.5 Å². The Morgan fingerprint density at radius 1 is 1.24 bits per heavy atom. The van der Waals surface area contributed by atoms with Gasteiger partial charge in [0.25, 0.3) is 0 Å². The second-order valence-corrected chi connectivity index (χ2v) is 4.09. The smallest absolute Gasteiger partial charge is 0.0936 e. The third-order valence-corrected chi connectivity index (χ3v) is 2.64. The van der Waals surface area contributed by atoms with Crippen molar-refractivity contribution in [2.75, 3.05) is 26.3 Å². The van der Waals surface area contributed by atoms with Crippen LogP contribution >= 0.6 is 0 Å². The van der Waals surface area contributed by atoms with Gasteiger partial charge in [0.2, 0.25) is 0 Å². The number of nitrogens with one attached hydrogen (secondary N) is 1. The molecule has 0 spiro atoms. The lowest BCUT2D eigenvalue weighted by Gasteiger charge is -2.19. The Morgan fingerprint density at radius 2 is 2.12 bits per heavy atom. The van der Waals surface area contributed by atoms with Gasteiger partial charge in [0, 0.05) is 13.1 Å². The maximum atomic E-state index is 5.67. The second kappa shape index (κ2) is 7.22. The third kappa shape index (κ3) is 4.69. The number of ether oxygens (including phenoxy) is 2. The molecule has 0 fully saturated rings. The van der Waals surface area contributed by atoms with Crippen molar-refractivity contribution in [3.63, 3.8) is 0 Å². The second-order valence-electron chi connectivity index (χ2n) is 4.09. The molecule has 1 aliphatic heterocycles. The van der Waals surface area contributed by atoms with Crippen molar-refractivity contribution in [3.8, 4) is 0 Å². The maximum Gasteiger partial charge on any atom is 0.0936 e. The molecule has 3 nitrogen and oxygen atoms in total. The van der Waals surface area contributed by atoms with Crippen LogP contribution in [0.4, 0.5) is 0 Å². The van der Waals surface area contributed by atoms with Crippen LogP contribution in [0.2, 0.25) is 0 Å². The van der Waals surface area contributed by atoms with E-state index >= 15 is 0 Å². The number of benzene rings is 1. The number of rotatable bonds is 4. The Kier molecular flexibility index (Phi) is 5.23. The topological polar surface area (TPSA) is 30.5 Å². The summed E-state index contributed by atoms with van der Waals surface area (Å²) in [6.07, 6.45) is 4.26. The first-order valence-corrected chi connectivity index (χ1v) is 6.04. The summed E-state index contributed by atoms with van der Waals surface area (Å²) in [5.74, 6) is 0. The monoisotopic (exact) mass is 233 g/mol. The normalized spacial score (nSPS) is 20.8. The van der Waals surface area contributed by atoms with Gasteiger partial charge in [-0.25, -0.2) is 0 Å². The highest BCUT2D eigenvalue weighted by Gasteiger charge is 2.09. The first-order valence-electron chi connectivity index (χ1n) is 6.04. The zero-order chi connectivity index (χ0) is 11.8. The molecule has 1 heterocycles. The zero-order valence-electron chi connectivity index (χ0n) is 9.97. The summed E-state index contributed by atoms with van der Waals surface area (Å²) in [4.78, 5) is 0. The highest BCUT2D eigenvalue weighted by atomic mass is 16.5. The molecule has 1 aromatic rings. The molecule has 0 aliphatic carbocycles. The fourth-order valence-corrected chi connectivity index (χ4v) is 1.72. The standard InChI is InChI=1S/C14H19NO2/c1-2-6-13(7-3-1)11-16-12-14-10-15-8-4-5-9-17-14/h1-7,14-15H,8-12H2/t14-/m0/s1. The predicted molar refractivity (Wildman–Crippen MR) is 67.8 cm³/mol. The Hall–Kier alpha value is -1.16. The van der Waals surface area contributed by atoms with Crippen molar-refractivity contribution in [3.05, 3.63) is 48.0 Å². The molecule has 0 saturated heterocycles. The molecule has 0 unspecified atom stereocenters. The summed E-state index contributed by atoms with van der Waals surface area (Å²) in [6, 6.07) is 10.2. The Morgan fingerprint density at radius 3 is 3.00 bits per heavy atom. The summed E-state index contributed by atoms with van der Waals surface area (Å²) >= 11 is 0. The molecule has 1 aliphatic rings. The molecule has 92 valence electrons. The number of hydrogen-bond acceptors (Lipinski definition) is 3.